The van der Waals surface area contributed by atoms with Crippen LogP contribution in [0.2, 0.25) is 0 Å². The highest BCUT2D eigenvalue weighted by Crippen LogP contribution is 2.24. The molecule has 0 radical (unpaired) electrons. The number of hydrogen-bond acceptors (Lipinski definition) is 2. The van der Waals surface area contributed by atoms with E-state index >= 15 is 0 Å². The monoisotopic (exact) mass is 235 g/mol. The van der Waals surface area contributed by atoms with Crippen molar-refractivity contribution in [3.8, 4) is 0 Å². The van der Waals surface area contributed by atoms with Crippen molar-refractivity contribution in [3.05, 3.63) is 29.3 Å². The quantitative estimate of drug-likeness (QED) is 0.824. The van der Waals surface area contributed by atoms with Gasteiger partial charge in [-0.15, -0.1) is 0 Å². The maximum atomic E-state index is 10.7. The molecule has 0 aromatic heterocycles. The van der Waals surface area contributed by atoms with Crippen molar-refractivity contribution in [2.75, 3.05) is 18.0 Å². The highest BCUT2D eigenvalue weighted by molar-refractivity contribution is 5.68. The third-order valence-electron chi connectivity index (χ3n) is 2.84. The van der Waals surface area contributed by atoms with E-state index in [2.05, 4.69) is 37.8 Å². The van der Waals surface area contributed by atoms with Gasteiger partial charge in [0.15, 0.2) is 0 Å². The van der Waals surface area contributed by atoms with Crippen LogP contribution in [0.4, 0.5) is 5.69 Å². The lowest BCUT2D eigenvalue weighted by atomic mass is 10.1. The fourth-order valence-electron chi connectivity index (χ4n) is 2.14. The normalized spacial score (nSPS) is 10.3. The lowest BCUT2D eigenvalue weighted by Crippen LogP contribution is -2.28. The Morgan fingerprint density at radius 3 is 2.29 bits per heavy atom. The molecule has 0 fully saturated rings. The second-order valence-corrected chi connectivity index (χ2v) is 4.37. The van der Waals surface area contributed by atoms with Crippen LogP contribution < -0.4 is 4.90 Å². The first-order valence-electron chi connectivity index (χ1n) is 6.09. The van der Waals surface area contributed by atoms with Crippen molar-refractivity contribution in [1.82, 2.24) is 0 Å². The molecule has 0 bridgehead atoms. The van der Waals surface area contributed by atoms with Gasteiger partial charge in [0.2, 0.25) is 0 Å². The number of aliphatic carboxylic acids is 1. The lowest BCUT2D eigenvalue weighted by molar-refractivity contribution is -0.136. The Labute approximate surface area is 103 Å². The summed E-state index contributed by atoms with van der Waals surface area (Å²) in [7, 11) is 0. The van der Waals surface area contributed by atoms with E-state index in [1.54, 1.807) is 0 Å². The molecule has 0 heterocycles. The van der Waals surface area contributed by atoms with Crippen LogP contribution in [-0.4, -0.2) is 24.2 Å². The van der Waals surface area contributed by atoms with E-state index < -0.39 is 5.97 Å². The first kappa shape index (κ1) is 13.6. The van der Waals surface area contributed by atoms with Gasteiger partial charge in [0.25, 0.3) is 0 Å². The molecule has 0 unspecified atom stereocenters. The van der Waals surface area contributed by atoms with E-state index in [0.29, 0.717) is 6.54 Å². The summed E-state index contributed by atoms with van der Waals surface area (Å²) in [5.74, 6) is -0.739. The zero-order chi connectivity index (χ0) is 12.8. The van der Waals surface area contributed by atoms with Crippen LogP contribution >= 0.6 is 0 Å². The lowest BCUT2D eigenvalue weighted by Gasteiger charge is -2.27. The molecule has 1 rings (SSSR count). The summed E-state index contributed by atoms with van der Waals surface area (Å²) >= 11 is 0. The van der Waals surface area contributed by atoms with Gasteiger partial charge in [0.05, 0.1) is 6.42 Å². The summed E-state index contributed by atoms with van der Waals surface area (Å²) < 4.78 is 0. The minimum Gasteiger partial charge on any atom is -0.481 e. The molecule has 0 saturated carbocycles. The Balaban J connectivity index is 2.92. The van der Waals surface area contributed by atoms with E-state index in [-0.39, 0.29) is 6.42 Å². The highest BCUT2D eigenvalue weighted by atomic mass is 16.4. The Kier molecular flexibility index (Phi) is 5.01. The molecule has 1 N–H and O–H groups in total. The van der Waals surface area contributed by atoms with Gasteiger partial charge in [-0.1, -0.05) is 25.1 Å². The molecule has 1 aromatic carbocycles. The summed E-state index contributed by atoms with van der Waals surface area (Å²) in [5, 5.41) is 8.79. The SMILES string of the molecule is CCCN(CCC(=O)O)c1c(C)cccc1C. The molecule has 0 amide bonds. The number of rotatable bonds is 6. The summed E-state index contributed by atoms with van der Waals surface area (Å²) in [6.45, 7) is 7.74. The number of benzene rings is 1. The molecule has 17 heavy (non-hydrogen) atoms. The van der Waals surface area contributed by atoms with Crippen LogP contribution in [0.25, 0.3) is 0 Å². The van der Waals surface area contributed by atoms with Crippen molar-refractivity contribution in [2.24, 2.45) is 0 Å². The van der Waals surface area contributed by atoms with E-state index in [4.69, 9.17) is 5.11 Å². The average Bonchev–Trinajstić information content (AvgIpc) is 2.25. The maximum Gasteiger partial charge on any atom is 0.305 e. The summed E-state index contributed by atoms with van der Waals surface area (Å²) in [4.78, 5) is 12.9. The Morgan fingerprint density at radius 1 is 1.24 bits per heavy atom. The van der Waals surface area contributed by atoms with Crippen LogP contribution in [0, 0.1) is 13.8 Å². The van der Waals surface area contributed by atoms with E-state index in [9.17, 15) is 4.79 Å². The Morgan fingerprint density at radius 2 is 1.82 bits per heavy atom. The summed E-state index contributed by atoms with van der Waals surface area (Å²) in [5.41, 5.74) is 3.61. The van der Waals surface area contributed by atoms with Crippen molar-refractivity contribution in [1.29, 1.82) is 0 Å². The van der Waals surface area contributed by atoms with Crippen LogP contribution in [0.1, 0.15) is 30.9 Å². The van der Waals surface area contributed by atoms with Crippen molar-refractivity contribution >= 4 is 11.7 Å². The molecule has 0 atom stereocenters. The Hall–Kier alpha value is -1.51. The number of carboxylic acids is 1. The molecule has 3 nitrogen and oxygen atoms in total. The molecule has 0 aliphatic heterocycles. The number of anilines is 1. The van der Waals surface area contributed by atoms with Gasteiger partial charge in [-0.25, -0.2) is 0 Å². The van der Waals surface area contributed by atoms with Gasteiger partial charge in [0, 0.05) is 18.8 Å². The van der Waals surface area contributed by atoms with Gasteiger partial charge < -0.3 is 10.0 Å². The predicted molar refractivity (Wildman–Crippen MR) is 70.7 cm³/mol. The maximum absolute atomic E-state index is 10.7. The molecule has 0 aliphatic rings. The number of aryl methyl sites for hydroxylation is 2. The average molecular weight is 235 g/mol. The molecule has 1 aromatic rings. The van der Waals surface area contributed by atoms with Gasteiger partial charge in [-0.05, 0) is 31.4 Å². The third kappa shape index (κ3) is 3.77. The standard InChI is InChI=1S/C14H21NO2/c1-4-9-15(10-8-13(16)17)14-11(2)6-5-7-12(14)3/h5-7H,4,8-10H2,1-3H3,(H,16,17). The first-order chi connectivity index (χ1) is 8.06. The molecule has 0 aliphatic carbocycles. The van der Waals surface area contributed by atoms with Crippen molar-refractivity contribution in [2.45, 2.75) is 33.6 Å². The minimum atomic E-state index is -0.739. The van der Waals surface area contributed by atoms with Crippen molar-refractivity contribution in [3.63, 3.8) is 0 Å². The predicted octanol–water partition coefficient (Wildman–Crippen LogP) is 2.99. The number of carbonyl (C=O) groups is 1. The van der Waals surface area contributed by atoms with Crippen LogP contribution in [0.3, 0.4) is 0 Å². The fourth-order valence-corrected chi connectivity index (χ4v) is 2.14. The number of hydrogen-bond donors (Lipinski definition) is 1. The van der Waals surface area contributed by atoms with Gasteiger partial charge in [-0.3, -0.25) is 4.79 Å². The molecule has 0 saturated heterocycles. The summed E-state index contributed by atoms with van der Waals surface area (Å²) in [6.07, 6.45) is 1.21. The van der Waals surface area contributed by atoms with Crippen LogP contribution in [-0.2, 0) is 4.79 Å². The van der Waals surface area contributed by atoms with E-state index in [1.165, 1.54) is 16.8 Å². The van der Waals surface area contributed by atoms with Crippen LogP contribution in [0.5, 0.6) is 0 Å². The molecular weight excluding hydrogens is 214 g/mol. The summed E-state index contributed by atoms with van der Waals surface area (Å²) in [6, 6.07) is 6.19. The van der Waals surface area contributed by atoms with E-state index in [1.807, 2.05) is 6.07 Å². The molecule has 94 valence electrons. The fraction of sp³-hybridized carbons (Fsp3) is 0.500. The number of para-hydroxylation sites is 1. The van der Waals surface area contributed by atoms with Crippen molar-refractivity contribution < 1.29 is 9.90 Å². The molecular formula is C14H21NO2. The molecule has 0 spiro atoms. The van der Waals surface area contributed by atoms with E-state index in [0.717, 1.165) is 13.0 Å². The number of carboxylic acid groups (broad SMARTS) is 1. The second-order valence-electron chi connectivity index (χ2n) is 4.37. The smallest absolute Gasteiger partial charge is 0.305 e. The van der Waals surface area contributed by atoms with Gasteiger partial charge in [0.1, 0.15) is 0 Å². The first-order valence-corrected chi connectivity index (χ1v) is 6.09. The highest BCUT2D eigenvalue weighted by Gasteiger charge is 2.12. The zero-order valence-corrected chi connectivity index (χ0v) is 10.9. The van der Waals surface area contributed by atoms with Gasteiger partial charge >= 0.3 is 5.97 Å². The minimum absolute atomic E-state index is 0.188. The Bertz CT molecular complexity index is 368. The van der Waals surface area contributed by atoms with Gasteiger partial charge in [-0.2, -0.15) is 0 Å². The topological polar surface area (TPSA) is 40.5 Å². The zero-order valence-electron chi connectivity index (χ0n) is 10.9. The largest absolute Gasteiger partial charge is 0.481 e. The number of nitrogens with zero attached hydrogens (tertiary/aromatic N) is 1. The third-order valence-corrected chi connectivity index (χ3v) is 2.84. The molecule has 3 heteroatoms. The van der Waals surface area contributed by atoms with Crippen LogP contribution in [0.15, 0.2) is 18.2 Å². The second kappa shape index (κ2) is 6.28.